The van der Waals surface area contributed by atoms with E-state index in [4.69, 9.17) is 5.73 Å². The maximum atomic E-state index is 11.2. The van der Waals surface area contributed by atoms with E-state index < -0.39 is 6.10 Å². The quantitative estimate of drug-likeness (QED) is 0.588. The Hall–Kier alpha value is -1.55. The van der Waals surface area contributed by atoms with Crippen LogP contribution in [0, 0.1) is 0 Å². The van der Waals surface area contributed by atoms with Crippen LogP contribution in [0.15, 0.2) is 24.3 Å². The second-order valence-electron chi connectivity index (χ2n) is 3.82. The predicted octanol–water partition coefficient (Wildman–Crippen LogP) is 0.581. The number of carbonyl (C=O) groups is 1. The summed E-state index contributed by atoms with van der Waals surface area (Å²) < 4.78 is 0. The molecule has 1 heterocycles. The summed E-state index contributed by atoms with van der Waals surface area (Å²) in [5.41, 5.74) is 7.15. The van der Waals surface area contributed by atoms with Crippen molar-refractivity contribution in [2.24, 2.45) is 0 Å². The fourth-order valence-corrected chi connectivity index (χ4v) is 1.85. The van der Waals surface area contributed by atoms with Gasteiger partial charge in [-0.25, -0.2) is 0 Å². The van der Waals surface area contributed by atoms with Gasteiger partial charge in [-0.15, -0.1) is 0 Å². The van der Waals surface area contributed by atoms with E-state index in [1.807, 2.05) is 12.1 Å². The number of rotatable bonds is 1. The molecule has 0 spiro atoms. The van der Waals surface area contributed by atoms with Gasteiger partial charge in [0.05, 0.1) is 12.1 Å². The van der Waals surface area contributed by atoms with E-state index in [0.29, 0.717) is 18.5 Å². The lowest BCUT2D eigenvalue weighted by atomic mass is 9.94. The van der Waals surface area contributed by atoms with Gasteiger partial charge in [-0.1, -0.05) is 12.1 Å². The summed E-state index contributed by atoms with van der Waals surface area (Å²) in [5.74, 6) is -0.0206. The van der Waals surface area contributed by atoms with Gasteiger partial charge in [-0.05, 0) is 24.1 Å². The standard InChI is InChI=1S/C11H14N2O2/c12-8-3-1-2-7(6-8)11-9(14)4-5-10(15)13-11/h1-3,6,9,11,14H,4-5,12H2,(H,13,15). The van der Waals surface area contributed by atoms with E-state index in [1.165, 1.54) is 0 Å². The third kappa shape index (κ3) is 2.10. The van der Waals surface area contributed by atoms with E-state index in [9.17, 15) is 9.90 Å². The number of carbonyl (C=O) groups excluding carboxylic acids is 1. The summed E-state index contributed by atoms with van der Waals surface area (Å²) in [6, 6.07) is 6.91. The number of hydrogen-bond donors (Lipinski definition) is 3. The highest BCUT2D eigenvalue weighted by atomic mass is 16.3. The predicted molar refractivity (Wildman–Crippen MR) is 57.0 cm³/mol. The van der Waals surface area contributed by atoms with E-state index >= 15 is 0 Å². The van der Waals surface area contributed by atoms with Crippen LogP contribution in [0.4, 0.5) is 5.69 Å². The van der Waals surface area contributed by atoms with Gasteiger partial charge in [-0.3, -0.25) is 4.79 Å². The summed E-state index contributed by atoms with van der Waals surface area (Å²) in [6.45, 7) is 0. The Bertz CT molecular complexity index is 379. The molecule has 1 aromatic carbocycles. The normalized spacial score (nSPS) is 26.1. The molecule has 4 nitrogen and oxygen atoms in total. The van der Waals surface area contributed by atoms with E-state index in [0.717, 1.165) is 5.56 Å². The van der Waals surface area contributed by atoms with E-state index in [-0.39, 0.29) is 11.9 Å². The molecule has 1 aliphatic heterocycles. The van der Waals surface area contributed by atoms with Crippen LogP contribution in [0.1, 0.15) is 24.4 Å². The topological polar surface area (TPSA) is 75.3 Å². The molecule has 2 atom stereocenters. The van der Waals surface area contributed by atoms with Crippen molar-refractivity contribution in [2.75, 3.05) is 5.73 Å². The maximum absolute atomic E-state index is 11.2. The van der Waals surface area contributed by atoms with Gasteiger partial charge >= 0.3 is 0 Å². The van der Waals surface area contributed by atoms with Crippen molar-refractivity contribution >= 4 is 11.6 Å². The second kappa shape index (κ2) is 3.90. The summed E-state index contributed by atoms with van der Waals surface area (Å²) in [6.07, 6.45) is 0.371. The molecule has 1 aromatic rings. The molecule has 2 rings (SSSR count). The Morgan fingerprint density at radius 3 is 3.00 bits per heavy atom. The molecule has 15 heavy (non-hydrogen) atoms. The zero-order chi connectivity index (χ0) is 10.8. The molecule has 0 radical (unpaired) electrons. The lowest BCUT2D eigenvalue weighted by molar-refractivity contribution is -0.126. The van der Waals surface area contributed by atoms with Gasteiger partial charge < -0.3 is 16.2 Å². The van der Waals surface area contributed by atoms with E-state index in [1.54, 1.807) is 12.1 Å². The average molecular weight is 206 g/mol. The molecule has 0 aliphatic carbocycles. The summed E-state index contributed by atoms with van der Waals surface area (Å²) >= 11 is 0. The molecular weight excluding hydrogens is 192 g/mol. The van der Waals surface area contributed by atoms with Gasteiger partial charge in [0.25, 0.3) is 0 Å². The highest BCUT2D eigenvalue weighted by Crippen LogP contribution is 2.25. The van der Waals surface area contributed by atoms with E-state index in [2.05, 4.69) is 5.32 Å². The minimum atomic E-state index is -0.524. The van der Waals surface area contributed by atoms with Crippen molar-refractivity contribution in [3.8, 4) is 0 Å². The number of benzene rings is 1. The molecule has 80 valence electrons. The number of aliphatic hydroxyl groups is 1. The smallest absolute Gasteiger partial charge is 0.220 e. The molecule has 1 amide bonds. The Morgan fingerprint density at radius 2 is 2.27 bits per heavy atom. The van der Waals surface area contributed by atoms with Gasteiger partial charge in [0.1, 0.15) is 0 Å². The number of aliphatic hydroxyl groups excluding tert-OH is 1. The number of piperidine rings is 1. The van der Waals surface area contributed by atoms with Crippen molar-refractivity contribution in [1.82, 2.24) is 5.32 Å². The van der Waals surface area contributed by atoms with Crippen LogP contribution >= 0.6 is 0 Å². The summed E-state index contributed by atoms with van der Waals surface area (Å²) in [4.78, 5) is 11.2. The number of nitrogens with two attached hydrogens (primary N) is 1. The first-order chi connectivity index (χ1) is 7.16. The molecule has 0 aromatic heterocycles. The minimum absolute atomic E-state index is 0.0206. The van der Waals surface area contributed by atoms with Crippen LogP contribution in [0.2, 0.25) is 0 Å². The Kier molecular flexibility index (Phi) is 2.60. The number of hydrogen-bond acceptors (Lipinski definition) is 3. The average Bonchev–Trinajstić information content (AvgIpc) is 2.22. The maximum Gasteiger partial charge on any atom is 0.220 e. The number of nitrogen functional groups attached to an aromatic ring is 1. The first-order valence-electron chi connectivity index (χ1n) is 4.99. The monoisotopic (exact) mass is 206 g/mol. The van der Waals surface area contributed by atoms with Crippen molar-refractivity contribution < 1.29 is 9.90 Å². The van der Waals surface area contributed by atoms with Crippen LogP contribution in [0.3, 0.4) is 0 Å². The highest BCUT2D eigenvalue weighted by molar-refractivity contribution is 5.77. The van der Waals surface area contributed by atoms with Gasteiger partial charge in [0, 0.05) is 12.1 Å². The summed E-state index contributed by atoms with van der Waals surface area (Å²) in [7, 11) is 0. The number of amides is 1. The van der Waals surface area contributed by atoms with Crippen molar-refractivity contribution in [2.45, 2.75) is 25.0 Å². The summed E-state index contributed by atoms with van der Waals surface area (Å²) in [5, 5.41) is 12.5. The first kappa shape index (κ1) is 9.98. The molecule has 4 N–H and O–H groups in total. The highest BCUT2D eigenvalue weighted by Gasteiger charge is 2.27. The molecule has 0 bridgehead atoms. The largest absolute Gasteiger partial charge is 0.399 e. The van der Waals surface area contributed by atoms with Gasteiger partial charge in [0.15, 0.2) is 0 Å². The fourth-order valence-electron chi connectivity index (χ4n) is 1.85. The van der Waals surface area contributed by atoms with Crippen molar-refractivity contribution in [1.29, 1.82) is 0 Å². The SMILES string of the molecule is Nc1cccc(C2NC(=O)CCC2O)c1. The Labute approximate surface area is 88.1 Å². The molecular formula is C11H14N2O2. The van der Waals surface area contributed by atoms with Gasteiger partial charge in [0.2, 0.25) is 5.91 Å². The molecule has 0 saturated carbocycles. The zero-order valence-electron chi connectivity index (χ0n) is 8.31. The Morgan fingerprint density at radius 1 is 1.47 bits per heavy atom. The third-order valence-electron chi connectivity index (χ3n) is 2.64. The first-order valence-corrected chi connectivity index (χ1v) is 4.99. The zero-order valence-corrected chi connectivity index (χ0v) is 8.31. The molecule has 1 saturated heterocycles. The van der Waals surface area contributed by atoms with Crippen LogP contribution in [-0.4, -0.2) is 17.1 Å². The van der Waals surface area contributed by atoms with Crippen LogP contribution in [0.5, 0.6) is 0 Å². The van der Waals surface area contributed by atoms with Gasteiger partial charge in [-0.2, -0.15) is 0 Å². The molecule has 4 heteroatoms. The molecule has 1 fully saturated rings. The van der Waals surface area contributed by atoms with Crippen LogP contribution in [0.25, 0.3) is 0 Å². The second-order valence-corrected chi connectivity index (χ2v) is 3.82. The minimum Gasteiger partial charge on any atom is -0.399 e. The Balaban J connectivity index is 2.24. The molecule has 2 unspecified atom stereocenters. The molecule has 1 aliphatic rings. The lowest BCUT2D eigenvalue weighted by Crippen LogP contribution is -2.41. The van der Waals surface area contributed by atoms with Crippen molar-refractivity contribution in [3.63, 3.8) is 0 Å². The fraction of sp³-hybridized carbons (Fsp3) is 0.364. The van der Waals surface area contributed by atoms with Crippen LogP contribution in [-0.2, 0) is 4.79 Å². The van der Waals surface area contributed by atoms with Crippen molar-refractivity contribution in [3.05, 3.63) is 29.8 Å². The third-order valence-corrected chi connectivity index (χ3v) is 2.64. The lowest BCUT2D eigenvalue weighted by Gasteiger charge is -2.29. The number of anilines is 1. The number of nitrogens with one attached hydrogen (secondary N) is 1. The van der Waals surface area contributed by atoms with Crippen LogP contribution < -0.4 is 11.1 Å².